The van der Waals surface area contributed by atoms with Gasteiger partial charge in [0.2, 0.25) is 0 Å². The SMILES string of the molecule is Cc1ccc(CC(C)c2ccc(C(C)C)cc2)cc1. The zero-order valence-electron chi connectivity index (χ0n) is 12.5. The Balaban J connectivity index is 2.07. The summed E-state index contributed by atoms with van der Waals surface area (Å²) in [5.74, 6) is 1.19. The highest BCUT2D eigenvalue weighted by molar-refractivity contribution is 5.29. The van der Waals surface area contributed by atoms with E-state index in [0.29, 0.717) is 11.8 Å². The third kappa shape index (κ3) is 3.70. The minimum atomic E-state index is 0.573. The third-order valence-corrected chi connectivity index (χ3v) is 3.83. The van der Waals surface area contributed by atoms with Crippen LogP contribution in [0.25, 0.3) is 0 Å². The Morgan fingerprint density at radius 2 is 1.26 bits per heavy atom. The Hall–Kier alpha value is -1.56. The van der Waals surface area contributed by atoms with E-state index in [4.69, 9.17) is 0 Å². The lowest BCUT2D eigenvalue weighted by Gasteiger charge is -2.14. The molecule has 0 nitrogen and oxygen atoms in total. The Morgan fingerprint density at radius 1 is 0.737 bits per heavy atom. The van der Waals surface area contributed by atoms with Gasteiger partial charge in [-0.25, -0.2) is 0 Å². The van der Waals surface area contributed by atoms with Gasteiger partial charge in [-0.1, -0.05) is 74.9 Å². The summed E-state index contributed by atoms with van der Waals surface area (Å²) in [7, 11) is 0. The van der Waals surface area contributed by atoms with Crippen molar-refractivity contribution in [1.29, 1.82) is 0 Å². The van der Waals surface area contributed by atoms with E-state index >= 15 is 0 Å². The maximum absolute atomic E-state index is 2.31. The minimum Gasteiger partial charge on any atom is -0.0591 e. The van der Waals surface area contributed by atoms with E-state index < -0.39 is 0 Å². The molecule has 0 aliphatic rings. The molecule has 0 heterocycles. The Kier molecular flexibility index (Phi) is 4.42. The maximum Gasteiger partial charge on any atom is -0.0150 e. The monoisotopic (exact) mass is 252 g/mol. The van der Waals surface area contributed by atoms with Crippen LogP contribution in [0.4, 0.5) is 0 Å². The summed E-state index contributed by atoms with van der Waals surface area (Å²) in [4.78, 5) is 0. The zero-order valence-corrected chi connectivity index (χ0v) is 12.5. The number of benzene rings is 2. The summed E-state index contributed by atoms with van der Waals surface area (Å²) >= 11 is 0. The van der Waals surface area contributed by atoms with Crippen LogP contribution in [0.5, 0.6) is 0 Å². The van der Waals surface area contributed by atoms with Crippen LogP contribution >= 0.6 is 0 Å². The van der Waals surface area contributed by atoms with Gasteiger partial charge in [0, 0.05) is 0 Å². The molecule has 0 radical (unpaired) electrons. The largest absolute Gasteiger partial charge is 0.0591 e. The fourth-order valence-corrected chi connectivity index (χ4v) is 2.41. The molecule has 0 aliphatic heterocycles. The second-order valence-corrected chi connectivity index (χ2v) is 5.91. The van der Waals surface area contributed by atoms with E-state index in [0.717, 1.165) is 6.42 Å². The van der Waals surface area contributed by atoms with Crippen LogP contribution < -0.4 is 0 Å². The summed E-state index contributed by atoms with van der Waals surface area (Å²) < 4.78 is 0. The van der Waals surface area contributed by atoms with Gasteiger partial charge in [-0.15, -0.1) is 0 Å². The normalized spacial score (nSPS) is 12.7. The highest BCUT2D eigenvalue weighted by Crippen LogP contribution is 2.23. The molecule has 0 saturated carbocycles. The first-order chi connectivity index (χ1) is 9.06. The van der Waals surface area contributed by atoms with Gasteiger partial charge in [-0.2, -0.15) is 0 Å². The summed E-state index contributed by atoms with van der Waals surface area (Å²) in [6.07, 6.45) is 1.11. The Morgan fingerprint density at radius 3 is 1.79 bits per heavy atom. The molecule has 0 heteroatoms. The van der Waals surface area contributed by atoms with Gasteiger partial charge in [0.25, 0.3) is 0 Å². The van der Waals surface area contributed by atoms with Crippen molar-refractivity contribution >= 4 is 0 Å². The first kappa shape index (κ1) is 13.9. The lowest BCUT2D eigenvalue weighted by molar-refractivity contribution is 0.756. The topological polar surface area (TPSA) is 0 Å². The van der Waals surface area contributed by atoms with Crippen LogP contribution in [0.3, 0.4) is 0 Å². The molecule has 0 spiro atoms. The predicted octanol–water partition coefficient (Wildman–Crippen LogP) is 5.46. The second kappa shape index (κ2) is 6.06. The molecule has 0 saturated heterocycles. The van der Waals surface area contributed by atoms with E-state index in [2.05, 4.69) is 76.2 Å². The zero-order chi connectivity index (χ0) is 13.8. The summed E-state index contributed by atoms with van der Waals surface area (Å²) in [5.41, 5.74) is 5.61. The van der Waals surface area contributed by atoms with E-state index in [9.17, 15) is 0 Å². The fraction of sp³-hybridized carbons (Fsp3) is 0.368. The van der Waals surface area contributed by atoms with E-state index in [-0.39, 0.29) is 0 Å². The molecule has 0 bridgehead atoms. The van der Waals surface area contributed by atoms with Gasteiger partial charge in [0.05, 0.1) is 0 Å². The molecule has 1 unspecified atom stereocenters. The third-order valence-electron chi connectivity index (χ3n) is 3.83. The molecule has 19 heavy (non-hydrogen) atoms. The Labute approximate surface area is 117 Å². The van der Waals surface area contributed by atoms with Gasteiger partial charge in [0.15, 0.2) is 0 Å². The first-order valence-corrected chi connectivity index (χ1v) is 7.21. The van der Waals surface area contributed by atoms with Gasteiger partial charge < -0.3 is 0 Å². The van der Waals surface area contributed by atoms with Gasteiger partial charge >= 0.3 is 0 Å². The molecule has 0 fully saturated rings. The lowest BCUT2D eigenvalue weighted by atomic mass is 9.91. The maximum atomic E-state index is 2.31. The van der Waals surface area contributed by atoms with E-state index in [1.807, 2.05) is 0 Å². The smallest absolute Gasteiger partial charge is 0.0150 e. The molecule has 0 N–H and O–H groups in total. The van der Waals surface area contributed by atoms with Crippen molar-refractivity contribution in [2.45, 2.75) is 46.0 Å². The number of aryl methyl sites for hydroxylation is 1. The van der Waals surface area contributed by atoms with Crippen molar-refractivity contribution in [2.75, 3.05) is 0 Å². The van der Waals surface area contributed by atoms with E-state index in [1.54, 1.807) is 0 Å². The molecule has 2 aromatic carbocycles. The van der Waals surface area contributed by atoms with Crippen LogP contribution in [0.1, 0.15) is 54.9 Å². The average molecular weight is 252 g/mol. The molecule has 2 aromatic rings. The first-order valence-electron chi connectivity index (χ1n) is 7.21. The number of rotatable bonds is 4. The standard InChI is InChI=1S/C19H24/c1-14(2)18-9-11-19(12-10-18)16(4)13-17-7-5-15(3)6-8-17/h5-12,14,16H,13H2,1-4H3. The summed E-state index contributed by atoms with van der Waals surface area (Å²) in [6, 6.07) is 18.0. The van der Waals surface area contributed by atoms with Gasteiger partial charge in [-0.05, 0) is 41.9 Å². The highest BCUT2D eigenvalue weighted by Gasteiger charge is 2.07. The molecule has 1 atom stereocenters. The van der Waals surface area contributed by atoms with Gasteiger partial charge in [0.1, 0.15) is 0 Å². The van der Waals surface area contributed by atoms with Crippen LogP contribution in [-0.2, 0) is 6.42 Å². The van der Waals surface area contributed by atoms with Crippen LogP contribution in [0, 0.1) is 6.92 Å². The van der Waals surface area contributed by atoms with Crippen molar-refractivity contribution in [3.63, 3.8) is 0 Å². The van der Waals surface area contributed by atoms with Crippen LogP contribution in [0.15, 0.2) is 48.5 Å². The highest BCUT2D eigenvalue weighted by atomic mass is 14.1. The fourth-order valence-electron chi connectivity index (χ4n) is 2.41. The average Bonchev–Trinajstić information content (AvgIpc) is 2.41. The van der Waals surface area contributed by atoms with Crippen molar-refractivity contribution in [3.05, 3.63) is 70.8 Å². The molecule has 100 valence electrons. The molecular weight excluding hydrogens is 228 g/mol. The van der Waals surface area contributed by atoms with Crippen molar-refractivity contribution in [1.82, 2.24) is 0 Å². The predicted molar refractivity (Wildman–Crippen MR) is 83.8 cm³/mol. The van der Waals surface area contributed by atoms with Crippen molar-refractivity contribution in [3.8, 4) is 0 Å². The molecule has 0 aromatic heterocycles. The van der Waals surface area contributed by atoms with E-state index in [1.165, 1.54) is 22.3 Å². The van der Waals surface area contributed by atoms with Crippen molar-refractivity contribution < 1.29 is 0 Å². The second-order valence-electron chi connectivity index (χ2n) is 5.91. The molecule has 0 aliphatic carbocycles. The number of hydrogen-bond acceptors (Lipinski definition) is 0. The molecular formula is C19H24. The van der Waals surface area contributed by atoms with Crippen LogP contribution in [0.2, 0.25) is 0 Å². The van der Waals surface area contributed by atoms with Gasteiger partial charge in [-0.3, -0.25) is 0 Å². The summed E-state index contributed by atoms with van der Waals surface area (Å²) in [6.45, 7) is 8.93. The minimum absolute atomic E-state index is 0.573. The Bertz CT molecular complexity index is 503. The van der Waals surface area contributed by atoms with Crippen molar-refractivity contribution in [2.24, 2.45) is 0 Å². The summed E-state index contributed by atoms with van der Waals surface area (Å²) in [5, 5.41) is 0. The number of hydrogen-bond donors (Lipinski definition) is 0. The quantitative estimate of drug-likeness (QED) is 0.677. The molecule has 2 rings (SSSR count). The van der Waals surface area contributed by atoms with Crippen LogP contribution in [-0.4, -0.2) is 0 Å². The lowest BCUT2D eigenvalue weighted by Crippen LogP contribution is -1.99. The molecule has 0 amide bonds.